The van der Waals surface area contributed by atoms with Gasteiger partial charge in [-0.1, -0.05) is 11.6 Å². The molecule has 0 unspecified atom stereocenters. The highest BCUT2D eigenvalue weighted by molar-refractivity contribution is 9.10. The molecule has 1 heterocycles. The number of aliphatic carboxylic acids is 1. The Bertz CT molecular complexity index is 689. The standard InChI is InChI=1S/C14H10BrClN2O3/c15-12-4-1-8(16)5-11(12)14(21)18-10-3-2-9(17-7-10)6-13(19)20/h1-5,7H,6H2,(H,18,21)(H,19,20). The summed E-state index contributed by atoms with van der Waals surface area (Å²) in [6.07, 6.45) is 1.25. The number of carbonyl (C=O) groups is 2. The van der Waals surface area contributed by atoms with Crippen molar-refractivity contribution in [3.05, 3.63) is 57.3 Å². The van der Waals surface area contributed by atoms with Gasteiger partial charge in [0.25, 0.3) is 5.91 Å². The molecule has 0 spiro atoms. The second-order valence-corrected chi connectivity index (χ2v) is 5.48. The normalized spacial score (nSPS) is 10.2. The Balaban J connectivity index is 2.12. The third-order valence-corrected chi connectivity index (χ3v) is 3.51. The molecule has 108 valence electrons. The lowest BCUT2D eigenvalue weighted by molar-refractivity contribution is -0.136. The van der Waals surface area contributed by atoms with Crippen molar-refractivity contribution >= 4 is 45.1 Å². The van der Waals surface area contributed by atoms with Crippen molar-refractivity contribution in [2.45, 2.75) is 6.42 Å². The number of carboxylic acids is 1. The van der Waals surface area contributed by atoms with Crippen LogP contribution < -0.4 is 5.32 Å². The van der Waals surface area contributed by atoms with Gasteiger partial charge in [0, 0.05) is 9.50 Å². The maximum absolute atomic E-state index is 12.1. The van der Waals surface area contributed by atoms with Crippen molar-refractivity contribution in [3.8, 4) is 0 Å². The fourth-order valence-electron chi connectivity index (χ4n) is 1.63. The van der Waals surface area contributed by atoms with Crippen LogP contribution >= 0.6 is 27.5 Å². The number of hydrogen-bond donors (Lipinski definition) is 2. The molecule has 1 aromatic carbocycles. The van der Waals surface area contributed by atoms with E-state index in [-0.39, 0.29) is 12.3 Å². The van der Waals surface area contributed by atoms with Gasteiger partial charge in [-0.3, -0.25) is 14.6 Å². The molecule has 0 radical (unpaired) electrons. The smallest absolute Gasteiger partial charge is 0.309 e. The molecule has 0 aliphatic rings. The number of rotatable bonds is 4. The highest BCUT2D eigenvalue weighted by Gasteiger charge is 2.11. The Labute approximate surface area is 134 Å². The number of hydrogen-bond acceptors (Lipinski definition) is 3. The van der Waals surface area contributed by atoms with Crippen molar-refractivity contribution < 1.29 is 14.7 Å². The Hall–Kier alpha value is -1.92. The summed E-state index contributed by atoms with van der Waals surface area (Å²) < 4.78 is 0.625. The van der Waals surface area contributed by atoms with Crippen LogP contribution in [-0.2, 0) is 11.2 Å². The van der Waals surface area contributed by atoms with Crippen LogP contribution in [0.25, 0.3) is 0 Å². The van der Waals surface area contributed by atoms with Gasteiger partial charge in [-0.25, -0.2) is 0 Å². The molecule has 0 fully saturated rings. The maximum Gasteiger partial charge on any atom is 0.309 e. The first-order valence-electron chi connectivity index (χ1n) is 5.89. The molecule has 21 heavy (non-hydrogen) atoms. The van der Waals surface area contributed by atoms with Gasteiger partial charge in [-0.15, -0.1) is 0 Å². The number of anilines is 1. The van der Waals surface area contributed by atoms with Crippen molar-refractivity contribution in [2.24, 2.45) is 0 Å². The Kier molecular flexibility index (Phi) is 4.93. The summed E-state index contributed by atoms with van der Waals surface area (Å²) in [7, 11) is 0. The molecule has 2 rings (SSSR count). The number of carboxylic acid groups (broad SMARTS) is 1. The lowest BCUT2D eigenvalue weighted by Crippen LogP contribution is -2.13. The van der Waals surface area contributed by atoms with Gasteiger partial charge in [0.2, 0.25) is 0 Å². The third-order valence-electron chi connectivity index (χ3n) is 2.59. The molecule has 2 N–H and O–H groups in total. The Morgan fingerprint density at radius 3 is 2.67 bits per heavy atom. The third kappa shape index (κ3) is 4.27. The SMILES string of the molecule is O=C(O)Cc1ccc(NC(=O)c2cc(Cl)ccc2Br)cn1. The molecular weight excluding hydrogens is 360 g/mol. The predicted octanol–water partition coefficient (Wildman–Crippen LogP) is 3.38. The summed E-state index contributed by atoms with van der Waals surface area (Å²) in [6.45, 7) is 0. The molecule has 0 saturated carbocycles. The van der Waals surface area contributed by atoms with E-state index < -0.39 is 5.97 Å². The minimum atomic E-state index is -0.956. The van der Waals surface area contributed by atoms with E-state index >= 15 is 0 Å². The first-order valence-corrected chi connectivity index (χ1v) is 7.06. The highest BCUT2D eigenvalue weighted by atomic mass is 79.9. The number of amides is 1. The first kappa shape index (κ1) is 15.5. The van der Waals surface area contributed by atoms with E-state index in [0.29, 0.717) is 26.4 Å². The highest BCUT2D eigenvalue weighted by Crippen LogP contribution is 2.22. The van der Waals surface area contributed by atoms with Gasteiger partial charge >= 0.3 is 5.97 Å². The lowest BCUT2D eigenvalue weighted by Gasteiger charge is -2.07. The van der Waals surface area contributed by atoms with Crippen LogP contribution in [-0.4, -0.2) is 22.0 Å². The predicted molar refractivity (Wildman–Crippen MR) is 82.7 cm³/mol. The number of benzene rings is 1. The number of carbonyl (C=O) groups excluding carboxylic acids is 1. The van der Waals surface area contributed by atoms with Gasteiger partial charge in [0.05, 0.1) is 29.6 Å². The molecule has 0 saturated heterocycles. The summed E-state index contributed by atoms with van der Waals surface area (Å²) in [4.78, 5) is 26.7. The second kappa shape index (κ2) is 6.69. The fourth-order valence-corrected chi connectivity index (χ4v) is 2.23. The van der Waals surface area contributed by atoms with Crippen LogP contribution in [0.4, 0.5) is 5.69 Å². The van der Waals surface area contributed by atoms with E-state index in [2.05, 4.69) is 26.2 Å². The monoisotopic (exact) mass is 368 g/mol. The molecule has 1 aromatic heterocycles. The van der Waals surface area contributed by atoms with E-state index in [0.717, 1.165) is 0 Å². The van der Waals surface area contributed by atoms with Crippen molar-refractivity contribution in [3.63, 3.8) is 0 Å². The zero-order chi connectivity index (χ0) is 15.4. The first-order chi connectivity index (χ1) is 9.95. The topological polar surface area (TPSA) is 79.3 Å². The average molecular weight is 370 g/mol. The molecule has 2 aromatic rings. The molecule has 5 nitrogen and oxygen atoms in total. The van der Waals surface area contributed by atoms with E-state index in [4.69, 9.17) is 16.7 Å². The maximum atomic E-state index is 12.1. The Morgan fingerprint density at radius 2 is 2.05 bits per heavy atom. The molecule has 0 aliphatic carbocycles. The minimum absolute atomic E-state index is 0.159. The summed E-state index contributed by atoms with van der Waals surface area (Å²) >= 11 is 9.15. The fraction of sp³-hybridized carbons (Fsp3) is 0.0714. The number of halogens is 2. The van der Waals surface area contributed by atoms with Crippen LogP contribution in [0.3, 0.4) is 0 Å². The lowest BCUT2D eigenvalue weighted by atomic mass is 10.2. The zero-order valence-corrected chi connectivity index (χ0v) is 13.0. The quantitative estimate of drug-likeness (QED) is 0.866. The summed E-state index contributed by atoms with van der Waals surface area (Å²) in [6, 6.07) is 8.06. The Morgan fingerprint density at radius 1 is 1.29 bits per heavy atom. The summed E-state index contributed by atoms with van der Waals surface area (Å²) in [5.74, 6) is -1.29. The van der Waals surface area contributed by atoms with Gasteiger partial charge in [-0.05, 0) is 46.3 Å². The van der Waals surface area contributed by atoms with Gasteiger partial charge < -0.3 is 10.4 Å². The zero-order valence-electron chi connectivity index (χ0n) is 10.6. The average Bonchev–Trinajstić information content (AvgIpc) is 2.43. The van der Waals surface area contributed by atoms with E-state index in [9.17, 15) is 9.59 Å². The summed E-state index contributed by atoms with van der Waals surface area (Å²) in [5, 5.41) is 11.8. The molecule has 0 atom stereocenters. The van der Waals surface area contributed by atoms with E-state index in [1.54, 1.807) is 30.3 Å². The van der Waals surface area contributed by atoms with Crippen LogP contribution in [0.15, 0.2) is 41.0 Å². The number of pyridine rings is 1. The number of nitrogens with zero attached hydrogens (tertiary/aromatic N) is 1. The van der Waals surface area contributed by atoms with Crippen molar-refractivity contribution in [2.75, 3.05) is 5.32 Å². The van der Waals surface area contributed by atoms with Crippen LogP contribution in [0, 0.1) is 0 Å². The van der Waals surface area contributed by atoms with Crippen LogP contribution in [0.2, 0.25) is 5.02 Å². The van der Waals surface area contributed by atoms with Gasteiger partial charge in [0.1, 0.15) is 0 Å². The molecule has 0 bridgehead atoms. The van der Waals surface area contributed by atoms with Crippen molar-refractivity contribution in [1.82, 2.24) is 4.98 Å². The second-order valence-electron chi connectivity index (χ2n) is 4.19. The van der Waals surface area contributed by atoms with Gasteiger partial charge in [-0.2, -0.15) is 0 Å². The van der Waals surface area contributed by atoms with Crippen LogP contribution in [0.1, 0.15) is 16.1 Å². The number of aromatic nitrogens is 1. The molecule has 0 aliphatic heterocycles. The molecular formula is C14H10BrClN2O3. The van der Waals surface area contributed by atoms with Gasteiger partial charge in [0.15, 0.2) is 0 Å². The van der Waals surface area contributed by atoms with Crippen molar-refractivity contribution in [1.29, 1.82) is 0 Å². The summed E-state index contributed by atoms with van der Waals surface area (Å²) in [5.41, 5.74) is 1.29. The number of nitrogens with one attached hydrogen (secondary N) is 1. The van der Waals surface area contributed by atoms with E-state index in [1.165, 1.54) is 6.20 Å². The van der Waals surface area contributed by atoms with Crippen LogP contribution in [0.5, 0.6) is 0 Å². The van der Waals surface area contributed by atoms with E-state index in [1.807, 2.05) is 0 Å². The largest absolute Gasteiger partial charge is 0.481 e. The molecule has 1 amide bonds. The molecule has 7 heteroatoms. The minimum Gasteiger partial charge on any atom is -0.481 e.